The van der Waals surface area contributed by atoms with Crippen LogP contribution in [0.2, 0.25) is 0 Å². The third-order valence-electron chi connectivity index (χ3n) is 4.86. The van der Waals surface area contributed by atoms with Crippen molar-refractivity contribution in [1.82, 2.24) is 4.90 Å². The van der Waals surface area contributed by atoms with Crippen LogP contribution in [-0.2, 0) is 19.1 Å². The molecule has 1 atom stereocenters. The first kappa shape index (κ1) is 18.4. The zero-order valence-electron chi connectivity index (χ0n) is 15.1. The molecule has 1 aromatic carbocycles. The summed E-state index contributed by atoms with van der Waals surface area (Å²) >= 11 is 0. The van der Waals surface area contributed by atoms with Crippen LogP contribution in [0, 0.1) is 5.92 Å². The first-order chi connectivity index (χ1) is 12.6. The Hall–Kier alpha value is -2.41. The first-order valence-electron chi connectivity index (χ1n) is 9.13. The highest BCUT2D eigenvalue weighted by Crippen LogP contribution is 2.29. The van der Waals surface area contributed by atoms with Crippen LogP contribution < -0.4 is 10.2 Å². The summed E-state index contributed by atoms with van der Waals surface area (Å²) in [5, 5.41) is 2.76. The van der Waals surface area contributed by atoms with Gasteiger partial charge in [-0.3, -0.25) is 14.4 Å². The first-order valence-corrected chi connectivity index (χ1v) is 9.13. The van der Waals surface area contributed by atoms with E-state index >= 15 is 0 Å². The van der Waals surface area contributed by atoms with E-state index in [2.05, 4.69) is 5.32 Å². The second-order valence-electron chi connectivity index (χ2n) is 6.71. The molecule has 140 valence electrons. The summed E-state index contributed by atoms with van der Waals surface area (Å²) < 4.78 is 5.37. The van der Waals surface area contributed by atoms with Gasteiger partial charge in [0, 0.05) is 38.5 Å². The molecule has 2 aliphatic heterocycles. The van der Waals surface area contributed by atoms with Crippen LogP contribution in [0.5, 0.6) is 0 Å². The van der Waals surface area contributed by atoms with Gasteiger partial charge in [0.05, 0.1) is 18.0 Å². The van der Waals surface area contributed by atoms with Crippen LogP contribution in [0.3, 0.4) is 0 Å². The van der Waals surface area contributed by atoms with Crippen LogP contribution in [0.1, 0.15) is 26.2 Å². The van der Waals surface area contributed by atoms with Gasteiger partial charge in [0.25, 0.3) is 0 Å². The van der Waals surface area contributed by atoms with Crippen LogP contribution in [-0.4, -0.2) is 55.5 Å². The maximum atomic E-state index is 12.6. The van der Waals surface area contributed by atoms with Gasteiger partial charge < -0.3 is 19.9 Å². The van der Waals surface area contributed by atoms with Crippen molar-refractivity contribution in [3.05, 3.63) is 24.3 Å². The molecule has 26 heavy (non-hydrogen) atoms. The van der Waals surface area contributed by atoms with E-state index < -0.39 is 0 Å². The van der Waals surface area contributed by atoms with E-state index in [1.165, 1.54) is 4.90 Å². The Balaban J connectivity index is 1.57. The molecule has 7 heteroatoms. The van der Waals surface area contributed by atoms with Gasteiger partial charge in [0.2, 0.25) is 17.7 Å². The van der Waals surface area contributed by atoms with Crippen LogP contribution in [0.15, 0.2) is 24.3 Å². The Morgan fingerprint density at radius 2 is 2.12 bits per heavy atom. The van der Waals surface area contributed by atoms with Crippen LogP contribution >= 0.6 is 0 Å². The minimum Gasteiger partial charge on any atom is -0.381 e. The number of rotatable bonds is 6. The number of nitrogens with one attached hydrogen (secondary N) is 1. The van der Waals surface area contributed by atoms with E-state index in [0.29, 0.717) is 37.0 Å². The van der Waals surface area contributed by atoms with Gasteiger partial charge >= 0.3 is 0 Å². The smallest absolute Gasteiger partial charge is 0.244 e. The fraction of sp³-hybridized carbons (Fsp3) is 0.526. The molecule has 0 aliphatic carbocycles. The highest BCUT2D eigenvalue weighted by atomic mass is 16.5. The number of carbonyl (C=O) groups is 3. The zero-order valence-corrected chi connectivity index (χ0v) is 15.1. The minimum absolute atomic E-state index is 0.0130. The molecule has 0 spiro atoms. The zero-order chi connectivity index (χ0) is 18.5. The van der Waals surface area contributed by atoms with E-state index in [9.17, 15) is 14.4 Å². The number of amides is 3. The highest BCUT2D eigenvalue weighted by molar-refractivity contribution is 6.10. The number of nitrogens with zero attached hydrogens (tertiary/aromatic N) is 2. The summed E-state index contributed by atoms with van der Waals surface area (Å²) in [6.45, 7) is 4.69. The lowest BCUT2D eigenvalue weighted by Crippen LogP contribution is -2.42. The number of fused-ring (bicyclic) bond motifs is 1. The summed E-state index contributed by atoms with van der Waals surface area (Å²) in [5.41, 5.74) is 1.31. The van der Waals surface area contributed by atoms with E-state index in [1.807, 2.05) is 19.1 Å². The number of ether oxygens (including phenoxy) is 1. The lowest BCUT2D eigenvalue weighted by atomic mass is 10.1. The number of benzene rings is 1. The van der Waals surface area contributed by atoms with Crippen molar-refractivity contribution in [3.63, 3.8) is 0 Å². The monoisotopic (exact) mass is 359 g/mol. The standard InChI is InChI=1S/C19H25N3O4/c1-2-21(11-14-9-10-26-13-14)18(24)7-8-19(25)22-12-17(23)20-15-5-3-4-6-16(15)22/h3-6,14H,2,7-13H2,1H3,(H,20,23). The Morgan fingerprint density at radius 3 is 2.85 bits per heavy atom. The van der Waals surface area contributed by atoms with Crippen LogP contribution in [0.25, 0.3) is 0 Å². The molecule has 1 unspecified atom stereocenters. The molecule has 3 rings (SSSR count). The summed E-state index contributed by atoms with van der Waals surface area (Å²) in [7, 11) is 0. The molecule has 1 fully saturated rings. The molecule has 1 saturated heterocycles. The second-order valence-corrected chi connectivity index (χ2v) is 6.71. The predicted molar refractivity (Wildman–Crippen MR) is 97.8 cm³/mol. The van der Waals surface area contributed by atoms with Gasteiger partial charge in [0.1, 0.15) is 6.54 Å². The topological polar surface area (TPSA) is 79.0 Å². The Labute approximate surface area is 153 Å². The Morgan fingerprint density at radius 1 is 1.31 bits per heavy atom. The highest BCUT2D eigenvalue weighted by Gasteiger charge is 2.27. The number of anilines is 2. The summed E-state index contributed by atoms with van der Waals surface area (Å²) in [6, 6.07) is 7.19. The Kier molecular flexibility index (Phi) is 5.88. The van der Waals surface area contributed by atoms with Gasteiger partial charge in [-0.2, -0.15) is 0 Å². The second kappa shape index (κ2) is 8.31. The number of carbonyl (C=O) groups excluding carboxylic acids is 3. The van der Waals surface area contributed by atoms with Crippen molar-refractivity contribution in [2.24, 2.45) is 5.92 Å². The third kappa shape index (κ3) is 4.22. The number of para-hydroxylation sites is 2. The molecule has 0 radical (unpaired) electrons. The molecule has 2 heterocycles. The maximum Gasteiger partial charge on any atom is 0.244 e. The lowest BCUT2D eigenvalue weighted by molar-refractivity contribution is -0.133. The summed E-state index contributed by atoms with van der Waals surface area (Å²) in [5.74, 6) is -0.0736. The molecule has 0 saturated carbocycles. The van der Waals surface area contributed by atoms with Gasteiger partial charge in [-0.05, 0) is 25.5 Å². The summed E-state index contributed by atoms with van der Waals surface area (Å²) in [4.78, 5) is 40.2. The molecular weight excluding hydrogens is 334 g/mol. The molecule has 3 amide bonds. The van der Waals surface area contributed by atoms with E-state index in [4.69, 9.17) is 4.74 Å². The van der Waals surface area contributed by atoms with Gasteiger partial charge in [0.15, 0.2) is 0 Å². The molecular formula is C19H25N3O4. The van der Waals surface area contributed by atoms with Crippen molar-refractivity contribution in [1.29, 1.82) is 0 Å². The fourth-order valence-corrected chi connectivity index (χ4v) is 3.41. The van der Waals surface area contributed by atoms with E-state index in [0.717, 1.165) is 13.0 Å². The molecule has 2 aliphatic rings. The van der Waals surface area contributed by atoms with E-state index in [1.54, 1.807) is 17.0 Å². The number of hydrogen-bond acceptors (Lipinski definition) is 4. The lowest BCUT2D eigenvalue weighted by Gasteiger charge is -2.29. The Bertz CT molecular complexity index is 685. The van der Waals surface area contributed by atoms with Crippen molar-refractivity contribution >= 4 is 29.1 Å². The molecule has 0 bridgehead atoms. The molecule has 7 nitrogen and oxygen atoms in total. The van der Waals surface area contributed by atoms with Gasteiger partial charge in [-0.1, -0.05) is 12.1 Å². The average molecular weight is 359 g/mol. The van der Waals surface area contributed by atoms with E-state index in [-0.39, 0.29) is 37.1 Å². The normalized spacial score (nSPS) is 19.0. The van der Waals surface area contributed by atoms with Gasteiger partial charge in [-0.15, -0.1) is 0 Å². The average Bonchev–Trinajstić information content (AvgIpc) is 3.16. The molecule has 0 aromatic heterocycles. The van der Waals surface area contributed by atoms with Crippen LogP contribution in [0.4, 0.5) is 11.4 Å². The van der Waals surface area contributed by atoms with Crippen molar-refractivity contribution < 1.29 is 19.1 Å². The summed E-state index contributed by atoms with van der Waals surface area (Å²) in [6.07, 6.45) is 1.22. The van der Waals surface area contributed by atoms with Crippen molar-refractivity contribution in [3.8, 4) is 0 Å². The molecule has 1 N–H and O–H groups in total. The minimum atomic E-state index is -0.222. The van der Waals surface area contributed by atoms with Crippen molar-refractivity contribution in [2.45, 2.75) is 26.2 Å². The van der Waals surface area contributed by atoms with Gasteiger partial charge in [-0.25, -0.2) is 0 Å². The largest absolute Gasteiger partial charge is 0.381 e. The SMILES string of the molecule is CCN(CC1CCOC1)C(=O)CCC(=O)N1CC(=O)Nc2ccccc21. The predicted octanol–water partition coefficient (Wildman–Crippen LogP) is 1.64. The maximum absolute atomic E-state index is 12.6. The quantitative estimate of drug-likeness (QED) is 0.837. The third-order valence-corrected chi connectivity index (χ3v) is 4.86. The number of hydrogen-bond donors (Lipinski definition) is 1. The molecule has 1 aromatic rings. The van der Waals surface area contributed by atoms with Crippen molar-refractivity contribution in [2.75, 3.05) is 43.1 Å². The fourth-order valence-electron chi connectivity index (χ4n) is 3.41.